The number of hydrogen-bond donors (Lipinski definition) is 2. The summed E-state index contributed by atoms with van der Waals surface area (Å²) in [6.45, 7) is 14.3. The Labute approximate surface area is 134 Å². The zero-order valence-electron chi connectivity index (χ0n) is 15.0. The number of rotatable bonds is 7. The molecule has 3 N–H and O–H groups in total. The van der Waals surface area contributed by atoms with Crippen LogP contribution >= 0.6 is 0 Å². The Balaban J connectivity index is 4.64. The summed E-state index contributed by atoms with van der Waals surface area (Å²) in [7, 11) is 0. The third-order valence-electron chi connectivity index (χ3n) is 2.44. The summed E-state index contributed by atoms with van der Waals surface area (Å²) in [5.41, 5.74) is 2.02. The number of nitrogens with two attached hydrogens (primary N) is 1. The molecule has 0 aromatic rings. The van der Waals surface area contributed by atoms with E-state index >= 15 is 0 Å². The minimum absolute atomic E-state index is 0.0145. The predicted molar refractivity (Wildman–Crippen MR) is 86.5 cm³/mol. The molecule has 0 unspecified atom stereocenters. The van der Waals surface area contributed by atoms with Gasteiger partial charge in [-0.1, -0.05) is 27.7 Å². The number of hydrogen-bond acceptors (Lipinski definition) is 5. The molecule has 0 aromatic heterocycles. The molecule has 0 bridgehead atoms. The fourth-order valence-corrected chi connectivity index (χ4v) is 1.77. The molecule has 0 saturated heterocycles. The highest BCUT2D eigenvalue weighted by Crippen LogP contribution is 2.07. The molecule has 0 rings (SSSR count). The SMILES string of the molecule is CC(C)CN(CC(=O)N(N)CC(C)C)NC(=O)OC(C)(C)C. The highest BCUT2D eigenvalue weighted by atomic mass is 16.6. The van der Waals surface area contributed by atoms with Gasteiger partial charge in [0.05, 0.1) is 6.54 Å². The van der Waals surface area contributed by atoms with Crippen molar-refractivity contribution in [1.82, 2.24) is 15.4 Å². The summed E-state index contributed by atoms with van der Waals surface area (Å²) in [5, 5.41) is 2.73. The van der Waals surface area contributed by atoms with Crippen LogP contribution in [0.15, 0.2) is 0 Å². The number of carbonyl (C=O) groups excluding carboxylic acids is 2. The van der Waals surface area contributed by atoms with Crippen LogP contribution in [0, 0.1) is 11.8 Å². The van der Waals surface area contributed by atoms with E-state index in [1.807, 2.05) is 27.7 Å². The summed E-state index contributed by atoms with van der Waals surface area (Å²) < 4.78 is 5.21. The monoisotopic (exact) mass is 316 g/mol. The number of nitrogens with zero attached hydrogens (tertiary/aromatic N) is 2. The fourth-order valence-electron chi connectivity index (χ4n) is 1.77. The third-order valence-corrected chi connectivity index (χ3v) is 2.44. The van der Waals surface area contributed by atoms with Crippen LogP contribution in [0.3, 0.4) is 0 Å². The van der Waals surface area contributed by atoms with Crippen LogP contribution in [-0.4, -0.2) is 47.3 Å². The van der Waals surface area contributed by atoms with Crippen molar-refractivity contribution in [1.29, 1.82) is 0 Å². The van der Waals surface area contributed by atoms with Crippen LogP contribution in [0.2, 0.25) is 0 Å². The quantitative estimate of drug-likeness (QED) is 0.424. The molecule has 130 valence electrons. The highest BCUT2D eigenvalue weighted by Gasteiger charge is 2.22. The Morgan fingerprint density at radius 2 is 1.59 bits per heavy atom. The van der Waals surface area contributed by atoms with E-state index < -0.39 is 11.7 Å². The molecule has 0 atom stereocenters. The minimum Gasteiger partial charge on any atom is -0.443 e. The maximum Gasteiger partial charge on any atom is 0.422 e. The third kappa shape index (κ3) is 10.4. The largest absolute Gasteiger partial charge is 0.443 e. The maximum absolute atomic E-state index is 12.1. The highest BCUT2D eigenvalue weighted by molar-refractivity contribution is 5.78. The molecule has 0 aromatic carbocycles. The number of ether oxygens (including phenoxy) is 1. The first-order chi connectivity index (χ1) is 9.90. The van der Waals surface area contributed by atoms with Gasteiger partial charge in [-0.25, -0.2) is 15.6 Å². The van der Waals surface area contributed by atoms with Crippen LogP contribution in [0.5, 0.6) is 0 Å². The standard InChI is InChI=1S/C15H32N4O3/c1-11(2)8-18(17-14(21)22-15(5,6)7)10-13(20)19(16)9-12(3)4/h11-12H,8-10,16H2,1-7H3,(H,17,21). The smallest absolute Gasteiger partial charge is 0.422 e. The van der Waals surface area contributed by atoms with Gasteiger partial charge in [0.2, 0.25) is 0 Å². The minimum atomic E-state index is -0.588. The predicted octanol–water partition coefficient (Wildman–Crippen LogP) is 1.74. The lowest BCUT2D eigenvalue weighted by Gasteiger charge is -2.28. The molecule has 0 heterocycles. The van der Waals surface area contributed by atoms with Crippen molar-refractivity contribution < 1.29 is 14.3 Å². The Morgan fingerprint density at radius 3 is 2.00 bits per heavy atom. The van der Waals surface area contributed by atoms with E-state index in [-0.39, 0.29) is 24.3 Å². The van der Waals surface area contributed by atoms with Crippen molar-refractivity contribution in [3.63, 3.8) is 0 Å². The molecule has 0 spiro atoms. The molecule has 0 saturated carbocycles. The summed E-state index contributed by atoms with van der Waals surface area (Å²) in [4.78, 5) is 24.0. The Bertz CT molecular complexity index is 364. The Hall–Kier alpha value is -1.34. The lowest BCUT2D eigenvalue weighted by Crippen LogP contribution is -2.52. The van der Waals surface area contributed by atoms with Crippen LogP contribution in [0.25, 0.3) is 0 Å². The van der Waals surface area contributed by atoms with Crippen LogP contribution in [0.4, 0.5) is 4.79 Å². The van der Waals surface area contributed by atoms with Gasteiger partial charge >= 0.3 is 6.09 Å². The normalized spacial score (nSPS) is 12.0. The Morgan fingerprint density at radius 1 is 1.09 bits per heavy atom. The molecule has 7 nitrogen and oxygen atoms in total. The first kappa shape index (κ1) is 20.7. The van der Waals surface area contributed by atoms with Crippen molar-refractivity contribution in [2.24, 2.45) is 17.7 Å². The number of nitrogens with one attached hydrogen (secondary N) is 1. The van der Waals surface area contributed by atoms with Gasteiger partial charge in [0.15, 0.2) is 0 Å². The second-order valence-corrected chi connectivity index (χ2v) is 7.33. The average molecular weight is 316 g/mol. The van der Waals surface area contributed by atoms with Crippen molar-refractivity contribution >= 4 is 12.0 Å². The first-order valence-corrected chi connectivity index (χ1v) is 7.70. The molecule has 0 aliphatic carbocycles. The first-order valence-electron chi connectivity index (χ1n) is 7.70. The van der Waals surface area contributed by atoms with Gasteiger partial charge in [-0.2, -0.15) is 0 Å². The van der Waals surface area contributed by atoms with Gasteiger partial charge < -0.3 is 4.74 Å². The summed E-state index contributed by atoms with van der Waals surface area (Å²) >= 11 is 0. The summed E-state index contributed by atoms with van der Waals surface area (Å²) in [6, 6.07) is 0. The summed E-state index contributed by atoms with van der Waals surface area (Å²) in [5.74, 6) is 6.06. The number of hydrazine groups is 2. The second-order valence-electron chi connectivity index (χ2n) is 7.33. The molecule has 2 amide bonds. The van der Waals surface area contributed by atoms with Crippen molar-refractivity contribution in [3.05, 3.63) is 0 Å². The molecular formula is C15H32N4O3. The molecule has 0 aliphatic rings. The van der Waals surface area contributed by atoms with E-state index in [1.165, 1.54) is 5.01 Å². The van der Waals surface area contributed by atoms with E-state index in [0.717, 1.165) is 0 Å². The molecule has 0 fully saturated rings. The average Bonchev–Trinajstić information content (AvgIpc) is 2.23. The van der Waals surface area contributed by atoms with E-state index in [2.05, 4.69) is 5.43 Å². The van der Waals surface area contributed by atoms with Crippen molar-refractivity contribution in [3.8, 4) is 0 Å². The summed E-state index contributed by atoms with van der Waals surface area (Å²) in [6.07, 6.45) is -0.576. The lowest BCUT2D eigenvalue weighted by atomic mass is 10.2. The topological polar surface area (TPSA) is 87.9 Å². The van der Waals surface area contributed by atoms with Gasteiger partial charge in [0.1, 0.15) is 5.60 Å². The molecule has 7 heteroatoms. The van der Waals surface area contributed by atoms with E-state index in [4.69, 9.17) is 10.6 Å². The zero-order valence-corrected chi connectivity index (χ0v) is 15.0. The van der Waals surface area contributed by atoms with Gasteiger partial charge in [0.25, 0.3) is 5.91 Å². The van der Waals surface area contributed by atoms with E-state index in [1.54, 1.807) is 25.8 Å². The van der Waals surface area contributed by atoms with Gasteiger partial charge in [-0.15, -0.1) is 0 Å². The zero-order chi connectivity index (χ0) is 17.5. The van der Waals surface area contributed by atoms with Gasteiger partial charge in [-0.05, 0) is 32.6 Å². The molecule has 0 aliphatic heterocycles. The van der Waals surface area contributed by atoms with Crippen LogP contribution in [-0.2, 0) is 9.53 Å². The molecule has 0 radical (unpaired) electrons. The molecular weight excluding hydrogens is 284 g/mol. The van der Waals surface area contributed by atoms with E-state index in [9.17, 15) is 9.59 Å². The van der Waals surface area contributed by atoms with Crippen LogP contribution in [0.1, 0.15) is 48.5 Å². The van der Waals surface area contributed by atoms with E-state index in [0.29, 0.717) is 13.1 Å². The number of carbonyl (C=O) groups is 2. The van der Waals surface area contributed by atoms with Crippen LogP contribution < -0.4 is 11.3 Å². The fraction of sp³-hybridized carbons (Fsp3) is 0.867. The second kappa shape index (κ2) is 8.95. The number of amides is 2. The maximum atomic E-state index is 12.1. The van der Waals surface area contributed by atoms with Gasteiger partial charge in [-0.3, -0.25) is 15.2 Å². The van der Waals surface area contributed by atoms with Crippen molar-refractivity contribution in [2.45, 2.75) is 54.1 Å². The van der Waals surface area contributed by atoms with Crippen molar-refractivity contribution in [2.75, 3.05) is 19.6 Å². The molecule has 22 heavy (non-hydrogen) atoms. The lowest BCUT2D eigenvalue weighted by molar-refractivity contribution is -0.134. The van der Waals surface area contributed by atoms with Gasteiger partial charge in [0, 0.05) is 13.1 Å². The Kier molecular flexibility index (Phi) is 8.40.